The third-order valence-electron chi connectivity index (χ3n) is 3.66. The van der Waals surface area contributed by atoms with E-state index in [4.69, 9.17) is 0 Å². The van der Waals surface area contributed by atoms with Crippen LogP contribution in [0, 0.1) is 5.82 Å². The van der Waals surface area contributed by atoms with Gasteiger partial charge in [0.05, 0.1) is 0 Å². The molecule has 0 radical (unpaired) electrons. The lowest BCUT2D eigenvalue weighted by atomic mass is 9.96. The second-order valence-corrected chi connectivity index (χ2v) is 6.87. The smallest absolute Gasteiger partial charge is 0.131 e. The first-order valence-corrected chi connectivity index (χ1v) is 8.43. The molecule has 1 nitrogen and oxygen atoms in total. The molecular weight excluding hydrogens is 349 g/mol. The van der Waals surface area contributed by atoms with Gasteiger partial charge in [-0.05, 0) is 46.1 Å². The summed E-state index contributed by atoms with van der Waals surface area (Å²) in [4.78, 5) is 1.30. The Morgan fingerprint density at radius 2 is 1.95 bits per heavy atom. The highest BCUT2D eigenvalue weighted by atomic mass is 79.9. The molecule has 0 aliphatic heterocycles. The predicted molar refractivity (Wildman–Crippen MR) is 91.4 cm³/mol. The molecule has 0 aliphatic carbocycles. The van der Waals surface area contributed by atoms with Crippen molar-refractivity contribution in [3.63, 3.8) is 0 Å². The first-order chi connectivity index (χ1) is 10.2. The quantitative estimate of drug-likeness (QED) is 0.662. The van der Waals surface area contributed by atoms with Crippen molar-refractivity contribution in [3.05, 3.63) is 68.6 Å². The fourth-order valence-electron chi connectivity index (χ4n) is 2.62. The molecular formula is C17H15BrFNS. The van der Waals surface area contributed by atoms with E-state index in [1.165, 1.54) is 4.88 Å². The summed E-state index contributed by atoms with van der Waals surface area (Å²) in [5.74, 6) is -0.164. The monoisotopic (exact) mass is 363 g/mol. The fraction of sp³-hybridized carbons (Fsp3) is 0.176. The van der Waals surface area contributed by atoms with Gasteiger partial charge in [0.15, 0.2) is 0 Å². The maximum absolute atomic E-state index is 13.9. The summed E-state index contributed by atoms with van der Waals surface area (Å²) in [5, 5.41) is 7.11. The third-order valence-corrected chi connectivity index (χ3v) is 5.38. The van der Waals surface area contributed by atoms with Gasteiger partial charge in [0.1, 0.15) is 5.82 Å². The summed E-state index contributed by atoms with van der Waals surface area (Å²) in [7, 11) is 1.95. The molecule has 4 heteroatoms. The molecule has 1 unspecified atom stereocenters. The van der Waals surface area contributed by atoms with Gasteiger partial charge in [0, 0.05) is 32.6 Å². The highest BCUT2D eigenvalue weighted by Gasteiger charge is 2.15. The number of halogens is 2. The lowest BCUT2D eigenvalue weighted by molar-refractivity contribution is 0.597. The van der Waals surface area contributed by atoms with Gasteiger partial charge in [0.2, 0.25) is 0 Å². The second kappa shape index (κ2) is 6.26. The van der Waals surface area contributed by atoms with Gasteiger partial charge in [-0.2, -0.15) is 0 Å². The molecule has 0 bridgehead atoms. The first-order valence-electron chi connectivity index (χ1n) is 6.76. The number of nitrogens with one attached hydrogen (secondary N) is 1. The zero-order valence-electron chi connectivity index (χ0n) is 11.6. The molecule has 0 fully saturated rings. The van der Waals surface area contributed by atoms with Crippen molar-refractivity contribution in [2.45, 2.75) is 12.5 Å². The molecule has 3 rings (SSSR count). The van der Waals surface area contributed by atoms with E-state index in [0.717, 1.165) is 21.8 Å². The Morgan fingerprint density at radius 1 is 1.19 bits per heavy atom. The lowest BCUT2D eigenvalue weighted by Gasteiger charge is -2.18. The predicted octanol–water partition coefficient (Wildman–Crippen LogP) is 5.31. The molecule has 0 saturated carbocycles. The molecule has 0 aliphatic rings. The summed E-state index contributed by atoms with van der Waals surface area (Å²) < 4.78 is 15.1. The minimum atomic E-state index is -0.164. The zero-order valence-corrected chi connectivity index (χ0v) is 14.0. The molecule has 3 aromatic rings. The molecule has 108 valence electrons. The summed E-state index contributed by atoms with van der Waals surface area (Å²) in [5.41, 5.74) is 1.14. The largest absolute Gasteiger partial charge is 0.313 e. The minimum Gasteiger partial charge on any atom is -0.313 e. The average Bonchev–Trinajstić information content (AvgIpc) is 2.91. The van der Waals surface area contributed by atoms with Crippen molar-refractivity contribution in [2.75, 3.05) is 7.05 Å². The summed E-state index contributed by atoms with van der Waals surface area (Å²) in [6.45, 7) is 0. The number of likely N-dealkylation sites (N-methyl/N-ethyl adjacent to an activating group) is 1. The SMILES string of the molecule is CNC(Cc1cc(Br)cs1)c1ccc(F)c2ccccc12. The standard InChI is InChI=1S/C17H15BrFNS/c1-20-17(9-12-8-11(18)10-21-12)15-6-7-16(19)14-5-3-2-4-13(14)15/h2-8,10,17,20H,9H2,1H3. The van der Waals surface area contributed by atoms with Crippen LogP contribution in [0.4, 0.5) is 4.39 Å². The molecule has 1 N–H and O–H groups in total. The van der Waals surface area contributed by atoms with Crippen LogP contribution in [-0.4, -0.2) is 7.05 Å². The van der Waals surface area contributed by atoms with E-state index in [-0.39, 0.29) is 11.9 Å². The van der Waals surface area contributed by atoms with Crippen molar-refractivity contribution in [2.24, 2.45) is 0 Å². The van der Waals surface area contributed by atoms with Crippen LogP contribution in [0.25, 0.3) is 10.8 Å². The van der Waals surface area contributed by atoms with Crippen molar-refractivity contribution in [1.82, 2.24) is 5.32 Å². The Balaban J connectivity index is 2.03. The van der Waals surface area contributed by atoms with Gasteiger partial charge in [-0.3, -0.25) is 0 Å². The second-order valence-electron chi connectivity index (χ2n) is 4.96. The molecule has 2 aromatic carbocycles. The van der Waals surface area contributed by atoms with Gasteiger partial charge in [-0.25, -0.2) is 4.39 Å². The normalized spacial score (nSPS) is 12.7. The topological polar surface area (TPSA) is 12.0 Å². The molecule has 1 heterocycles. The van der Waals surface area contributed by atoms with Gasteiger partial charge in [-0.15, -0.1) is 11.3 Å². The number of thiophene rings is 1. The van der Waals surface area contributed by atoms with E-state index in [2.05, 4.69) is 32.7 Å². The Morgan fingerprint density at radius 3 is 2.62 bits per heavy atom. The Bertz CT molecular complexity index is 768. The molecule has 1 atom stereocenters. The van der Waals surface area contributed by atoms with Crippen molar-refractivity contribution in [3.8, 4) is 0 Å². The molecule has 0 saturated heterocycles. The summed E-state index contributed by atoms with van der Waals surface area (Å²) in [6.07, 6.45) is 0.891. The van der Waals surface area contributed by atoms with Crippen LogP contribution in [0.5, 0.6) is 0 Å². The number of hydrogen-bond donors (Lipinski definition) is 1. The van der Waals surface area contributed by atoms with Crippen molar-refractivity contribution >= 4 is 38.0 Å². The van der Waals surface area contributed by atoms with Crippen LogP contribution >= 0.6 is 27.3 Å². The highest BCUT2D eigenvalue weighted by Crippen LogP contribution is 2.30. The first kappa shape index (κ1) is 14.7. The van der Waals surface area contributed by atoms with E-state index in [0.29, 0.717) is 5.39 Å². The Hall–Kier alpha value is -1.23. The molecule has 21 heavy (non-hydrogen) atoms. The third kappa shape index (κ3) is 3.03. The van der Waals surface area contributed by atoms with E-state index >= 15 is 0 Å². The van der Waals surface area contributed by atoms with E-state index in [1.54, 1.807) is 17.4 Å². The van der Waals surface area contributed by atoms with E-state index < -0.39 is 0 Å². The molecule has 0 spiro atoms. The number of rotatable bonds is 4. The van der Waals surface area contributed by atoms with Crippen LogP contribution in [0.15, 0.2) is 52.3 Å². The number of fused-ring (bicyclic) bond motifs is 1. The lowest BCUT2D eigenvalue weighted by Crippen LogP contribution is -2.18. The Kier molecular flexibility index (Phi) is 4.38. The number of hydrogen-bond acceptors (Lipinski definition) is 2. The highest BCUT2D eigenvalue weighted by molar-refractivity contribution is 9.10. The van der Waals surface area contributed by atoms with Gasteiger partial charge >= 0.3 is 0 Å². The van der Waals surface area contributed by atoms with Crippen molar-refractivity contribution in [1.29, 1.82) is 0 Å². The average molecular weight is 364 g/mol. The van der Waals surface area contributed by atoms with Crippen LogP contribution < -0.4 is 5.32 Å². The summed E-state index contributed by atoms with van der Waals surface area (Å²) >= 11 is 5.23. The van der Waals surface area contributed by atoms with Crippen molar-refractivity contribution < 1.29 is 4.39 Å². The van der Waals surface area contributed by atoms with Gasteiger partial charge in [0.25, 0.3) is 0 Å². The van der Waals surface area contributed by atoms with Crippen LogP contribution in [-0.2, 0) is 6.42 Å². The number of benzene rings is 2. The van der Waals surface area contributed by atoms with Gasteiger partial charge < -0.3 is 5.32 Å². The Labute approximate surface area is 135 Å². The molecule has 1 aromatic heterocycles. The van der Waals surface area contributed by atoms with E-state index in [9.17, 15) is 4.39 Å². The van der Waals surface area contributed by atoms with Gasteiger partial charge in [-0.1, -0.05) is 30.3 Å². The molecule has 0 amide bonds. The fourth-order valence-corrected chi connectivity index (χ4v) is 4.12. The van der Waals surface area contributed by atoms with Crippen LogP contribution in [0.1, 0.15) is 16.5 Å². The van der Waals surface area contributed by atoms with E-state index in [1.807, 2.05) is 37.4 Å². The summed E-state index contributed by atoms with van der Waals surface area (Å²) in [6, 6.07) is 13.4. The maximum atomic E-state index is 13.9. The van der Waals surface area contributed by atoms with Crippen LogP contribution in [0.2, 0.25) is 0 Å². The minimum absolute atomic E-state index is 0.164. The maximum Gasteiger partial charge on any atom is 0.131 e. The zero-order chi connectivity index (χ0) is 14.8. The van der Waals surface area contributed by atoms with Crippen LogP contribution in [0.3, 0.4) is 0 Å².